The van der Waals surface area contributed by atoms with Crippen LogP contribution in [0.25, 0.3) is 0 Å². The van der Waals surface area contributed by atoms with Gasteiger partial charge in [0.25, 0.3) is 0 Å². The summed E-state index contributed by atoms with van der Waals surface area (Å²) >= 11 is 0. The smallest absolute Gasteiger partial charge is 0.158 e. The second-order valence-electron chi connectivity index (χ2n) is 9.61. The van der Waals surface area contributed by atoms with Gasteiger partial charge in [-0.05, 0) is 74.2 Å². The van der Waals surface area contributed by atoms with Crippen molar-refractivity contribution in [2.75, 3.05) is 7.11 Å². The molecule has 2 fully saturated rings. The summed E-state index contributed by atoms with van der Waals surface area (Å²) in [7, 11) is 1.88. The number of fused-ring (bicyclic) bond motifs is 5. The Morgan fingerprint density at radius 2 is 1.92 bits per heavy atom. The number of methoxy groups -OCH3 is 1. The van der Waals surface area contributed by atoms with E-state index in [1.807, 2.05) is 7.11 Å². The molecule has 2 saturated carbocycles. The maximum atomic E-state index is 12.3. The van der Waals surface area contributed by atoms with E-state index in [1.165, 1.54) is 31.3 Å². The van der Waals surface area contributed by atoms with Gasteiger partial charge in [-0.3, -0.25) is 4.79 Å². The molecule has 0 aromatic heterocycles. The van der Waals surface area contributed by atoms with Crippen molar-refractivity contribution in [3.63, 3.8) is 0 Å². The van der Waals surface area contributed by atoms with E-state index in [1.54, 1.807) is 5.57 Å². The number of Topliss-reactive ketones (excluding diaryl/α,β-unsaturated/α-hetero) is 1. The summed E-state index contributed by atoms with van der Waals surface area (Å²) < 4.78 is 5.79. The highest BCUT2D eigenvalue weighted by atomic mass is 16.5. The van der Waals surface area contributed by atoms with Crippen molar-refractivity contribution in [2.24, 2.45) is 28.6 Å². The lowest BCUT2D eigenvalue weighted by atomic mass is 9.45. The molecule has 6 atom stereocenters. The van der Waals surface area contributed by atoms with Crippen LogP contribution in [-0.2, 0) is 9.53 Å². The minimum atomic E-state index is 0.136. The van der Waals surface area contributed by atoms with E-state index in [-0.39, 0.29) is 5.41 Å². The van der Waals surface area contributed by atoms with Crippen molar-refractivity contribution < 1.29 is 9.53 Å². The second-order valence-corrected chi connectivity index (χ2v) is 9.61. The molecule has 4 rings (SSSR count). The van der Waals surface area contributed by atoms with Crippen LogP contribution in [0.5, 0.6) is 0 Å². The van der Waals surface area contributed by atoms with E-state index in [2.05, 4.69) is 33.8 Å². The van der Waals surface area contributed by atoms with Crippen LogP contribution in [0.4, 0.5) is 0 Å². The highest BCUT2D eigenvalue weighted by Crippen LogP contribution is 2.65. The molecule has 4 aliphatic rings. The first-order chi connectivity index (χ1) is 11.8. The largest absolute Gasteiger partial charge is 0.381 e. The van der Waals surface area contributed by atoms with Gasteiger partial charge >= 0.3 is 0 Å². The number of hydrogen-bond donors (Lipinski definition) is 0. The van der Waals surface area contributed by atoms with Crippen LogP contribution in [0.15, 0.2) is 22.8 Å². The van der Waals surface area contributed by atoms with E-state index in [0.29, 0.717) is 23.2 Å². The van der Waals surface area contributed by atoms with Crippen molar-refractivity contribution >= 4 is 5.78 Å². The lowest BCUT2D eigenvalue weighted by Gasteiger charge is -2.60. The molecule has 2 heteroatoms. The lowest BCUT2D eigenvalue weighted by molar-refractivity contribution is -0.117. The molecule has 0 heterocycles. The molecule has 0 amide bonds. The molecule has 0 spiro atoms. The van der Waals surface area contributed by atoms with Crippen molar-refractivity contribution in [3.05, 3.63) is 22.8 Å². The van der Waals surface area contributed by atoms with E-state index >= 15 is 0 Å². The fourth-order valence-electron chi connectivity index (χ4n) is 7.26. The average Bonchev–Trinajstić information content (AvgIpc) is 2.59. The van der Waals surface area contributed by atoms with Crippen LogP contribution in [0.1, 0.15) is 72.6 Å². The molecule has 0 aliphatic heterocycles. The third-order valence-electron chi connectivity index (χ3n) is 8.75. The van der Waals surface area contributed by atoms with Crippen molar-refractivity contribution in [1.82, 2.24) is 0 Å². The van der Waals surface area contributed by atoms with Crippen LogP contribution in [-0.4, -0.2) is 19.0 Å². The van der Waals surface area contributed by atoms with Gasteiger partial charge in [0.05, 0.1) is 6.10 Å². The minimum absolute atomic E-state index is 0.136. The van der Waals surface area contributed by atoms with E-state index < -0.39 is 0 Å². The topological polar surface area (TPSA) is 26.3 Å². The number of ether oxygens (including phenoxy) is 1. The zero-order valence-electron chi connectivity index (χ0n) is 16.7. The van der Waals surface area contributed by atoms with Gasteiger partial charge in [0.1, 0.15) is 0 Å². The number of hydrogen-bond acceptors (Lipinski definition) is 2. The van der Waals surface area contributed by atoms with Crippen LogP contribution in [0.3, 0.4) is 0 Å². The Balaban J connectivity index is 1.76. The first-order valence-corrected chi connectivity index (χ1v) is 10.3. The van der Waals surface area contributed by atoms with Crippen LogP contribution >= 0.6 is 0 Å². The third kappa shape index (κ3) is 2.29. The number of allylic oxidation sites excluding steroid dienone is 4. The summed E-state index contributed by atoms with van der Waals surface area (Å²) in [6.45, 7) is 9.47. The monoisotopic (exact) mass is 342 g/mol. The summed E-state index contributed by atoms with van der Waals surface area (Å²) in [5, 5.41) is 0. The molecule has 0 aromatic carbocycles. The fraction of sp³-hybridized carbons (Fsp3) is 0.783. The van der Waals surface area contributed by atoms with Crippen molar-refractivity contribution in [2.45, 2.75) is 78.7 Å². The maximum absolute atomic E-state index is 12.3. The Bertz CT molecular complexity index is 657. The molecule has 0 N–H and O–H groups in total. The average molecular weight is 343 g/mol. The maximum Gasteiger partial charge on any atom is 0.158 e. The molecule has 0 bridgehead atoms. The first-order valence-electron chi connectivity index (χ1n) is 10.3. The summed E-state index contributed by atoms with van der Waals surface area (Å²) in [5.41, 5.74) is 4.67. The van der Waals surface area contributed by atoms with Crippen molar-refractivity contribution in [3.8, 4) is 0 Å². The Labute approximate surface area is 153 Å². The van der Waals surface area contributed by atoms with E-state index in [4.69, 9.17) is 4.74 Å². The van der Waals surface area contributed by atoms with Gasteiger partial charge in [0, 0.05) is 18.9 Å². The van der Waals surface area contributed by atoms with Gasteiger partial charge in [0.15, 0.2) is 5.78 Å². The van der Waals surface area contributed by atoms with Gasteiger partial charge in [0.2, 0.25) is 0 Å². The SMILES string of the molecule is COC1CCC2C(CC=C3C4(C)CCC(=O)C(C)=C4CCC32C)C1C. The molecule has 0 saturated heterocycles. The highest BCUT2D eigenvalue weighted by molar-refractivity contribution is 5.97. The number of carbonyl (C=O) groups excluding carboxylic acids is 1. The van der Waals surface area contributed by atoms with Gasteiger partial charge in [-0.2, -0.15) is 0 Å². The zero-order valence-corrected chi connectivity index (χ0v) is 16.7. The van der Waals surface area contributed by atoms with Gasteiger partial charge in [-0.1, -0.05) is 38.0 Å². The first kappa shape index (κ1) is 17.5. The highest BCUT2D eigenvalue weighted by Gasteiger charge is 2.56. The summed E-state index contributed by atoms with van der Waals surface area (Å²) in [5.74, 6) is 2.58. The molecular formula is C23H34O2. The minimum Gasteiger partial charge on any atom is -0.381 e. The molecule has 0 radical (unpaired) electrons. The second kappa shape index (κ2) is 5.81. The molecule has 0 aromatic rings. The van der Waals surface area contributed by atoms with Crippen LogP contribution in [0.2, 0.25) is 0 Å². The summed E-state index contributed by atoms with van der Waals surface area (Å²) in [6.07, 6.45) is 10.8. The Kier molecular flexibility index (Phi) is 4.07. The fourth-order valence-corrected chi connectivity index (χ4v) is 7.26. The predicted molar refractivity (Wildman–Crippen MR) is 101 cm³/mol. The summed E-state index contributed by atoms with van der Waals surface area (Å²) in [6, 6.07) is 0. The van der Waals surface area contributed by atoms with Crippen LogP contribution in [0, 0.1) is 28.6 Å². The van der Waals surface area contributed by atoms with E-state index in [9.17, 15) is 4.79 Å². The molecule has 2 nitrogen and oxygen atoms in total. The van der Waals surface area contributed by atoms with Crippen LogP contribution < -0.4 is 0 Å². The predicted octanol–water partition coefficient (Wildman–Crippen LogP) is 5.48. The molecule has 25 heavy (non-hydrogen) atoms. The zero-order chi connectivity index (χ0) is 18.0. The number of carbonyl (C=O) groups is 1. The number of rotatable bonds is 1. The summed E-state index contributed by atoms with van der Waals surface area (Å²) in [4.78, 5) is 12.3. The van der Waals surface area contributed by atoms with Gasteiger partial charge < -0.3 is 4.74 Å². The van der Waals surface area contributed by atoms with E-state index in [0.717, 1.165) is 36.7 Å². The Morgan fingerprint density at radius 1 is 1.16 bits per heavy atom. The number of ketones is 1. The normalized spacial score (nSPS) is 46.9. The molecule has 4 aliphatic carbocycles. The quantitative estimate of drug-likeness (QED) is 0.590. The lowest BCUT2D eigenvalue weighted by Crippen LogP contribution is -2.52. The molecule has 138 valence electrons. The standard InChI is InChI=1S/C23H34O2/c1-14-16-6-9-21-22(3)13-11-19(24)15(2)17(22)10-12-23(21,4)18(16)7-8-20(14)25-5/h9,14,16,18,20H,6-8,10-13H2,1-5H3. The van der Waals surface area contributed by atoms with Crippen molar-refractivity contribution in [1.29, 1.82) is 0 Å². The Morgan fingerprint density at radius 3 is 2.64 bits per heavy atom. The molecule has 6 unspecified atom stereocenters. The Hall–Kier alpha value is -0.890. The van der Waals surface area contributed by atoms with Gasteiger partial charge in [-0.25, -0.2) is 0 Å². The third-order valence-corrected chi connectivity index (χ3v) is 8.75. The molecular weight excluding hydrogens is 308 g/mol. The van der Waals surface area contributed by atoms with Gasteiger partial charge in [-0.15, -0.1) is 0 Å².